The molecule has 106 valence electrons. The fourth-order valence-corrected chi connectivity index (χ4v) is 3.16. The summed E-state index contributed by atoms with van der Waals surface area (Å²) in [6.07, 6.45) is 9.32. The summed E-state index contributed by atoms with van der Waals surface area (Å²) in [5.74, 6) is 3.41. The first-order valence-electron chi connectivity index (χ1n) is 8.03. The Balaban J connectivity index is 2.16. The summed E-state index contributed by atoms with van der Waals surface area (Å²) in [7, 11) is 0. The number of unbranched alkanes of at least 4 members (excludes halogenated alkanes) is 1. The first-order chi connectivity index (χ1) is 8.50. The van der Waals surface area contributed by atoms with Gasteiger partial charge in [0.2, 0.25) is 0 Å². The zero-order valence-electron chi connectivity index (χ0n) is 12.9. The number of rotatable bonds is 7. The third-order valence-electron chi connectivity index (χ3n) is 4.62. The molecule has 0 aromatic rings. The highest BCUT2D eigenvalue weighted by molar-refractivity contribution is 5.81. The number of hydrogen-bond acceptors (Lipinski definition) is 1. The molecule has 0 bridgehead atoms. The van der Waals surface area contributed by atoms with E-state index >= 15 is 0 Å². The molecule has 0 saturated heterocycles. The summed E-state index contributed by atoms with van der Waals surface area (Å²) in [4.78, 5) is 12.1. The van der Waals surface area contributed by atoms with Crippen molar-refractivity contribution in [3.05, 3.63) is 0 Å². The zero-order valence-corrected chi connectivity index (χ0v) is 12.9. The molecule has 0 amide bonds. The first kappa shape index (κ1) is 15.7. The van der Waals surface area contributed by atoms with Crippen LogP contribution in [-0.2, 0) is 4.79 Å². The lowest BCUT2D eigenvalue weighted by atomic mass is 9.75. The van der Waals surface area contributed by atoms with Gasteiger partial charge in [-0.25, -0.2) is 0 Å². The van der Waals surface area contributed by atoms with Gasteiger partial charge in [-0.2, -0.15) is 0 Å². The van der Waals surface area contributed by atoms with Crippen LogP contribution in [0.2, 0.25) is 0 Å². The maximum atomic E-state index is 12.1. The van der Waals surface area contributed by atoms with Crippen LogP contribution in [0.1, 0.15) is 79.1 Å². The Morgan fingerprint density at radius 2 is 1.61 bits per heavy atom. The van der Waals surface area contributed by atoms with Crippen LogP contribution in [0.4, 0.5) is 0 Å². The van der Waals surface area contributed by atoms with Crippen LogP contribution in [0.5, 0.6) is 0 Å². The van der Waals surface area contributed by atoms with Gasteiger partial charge in [-0.1, -0.05) is 40.5 Å². The SMILES string of the molecule is CC(C)CCCCC(=O)C1CCC(C(C)C)CC1. The minimum absolute atomic E-state index is 0.402. The number of carbonyl (C=O) groups excluding carboxylic acids is 1. The Labute approximate surface area is 114 Å². The second kappa shape index (κ2) is 7.96. The quantitative estimate of drug-likeness (QED) is 0.567. The summed E-state index contributed by atoms with van der Waals surface area (Å²) < 4.78 is 0. The summed E-state index contributed by atoms with van der Waals surface area (Å²) in [5, 5.41) is 0. The topological polar surface area (TPSA) is 17.1 Å². The highest BCUT2D eigenvalue weighted by atomic mass is 16.1. The van der Waals surface area contributed by atoms with E-state index in [1.807, 2.05) is 0 Å². The second-order valence-electron chi connectivity index (χ2n) is 6.96. The van der Waals surface area contributed by atoms with Gasteiger partial charge in [-0.05, 0) is 49.9 Å². The molecule has 1 fully saturated rings. The van der Waals surface area contributed by atoms with Crippen molar-refractivity contribution in [2.45, 2.75) is 79.1 Å². The maximum absolute atomic E-state index is 12.1. The van der Waals surface area contributed by atoms with Crippen LogP contribution in [0.25, 0.3) is 0 Å². The molecule has 0 aliphatic heterocycles. The van der Waals surface area contributed by atoms with Gasteiger partial charge in [0.25, 0.3) is 0 Å². The van der Waals surface area contributed by atoms with Gasteiger partial charge in [0.05, 0.1) is 0 Å². The van der Waals surface area contributed by atoms with E-state index in [9.17, 15) is 4.79 Å². The number of hydrogen-bond donors (Lipinski definition) is 0. The fourth-order valence-electron chi connectivity index (χ4n) is 3.16. The molecule has 0 aromatic carbocycles. The largest absolute Gasteiger partial charge is 0.299 e. The van der Waals surface area contributed by atoms with Crippen LogP contribution >= 0.6 is 0 Å². The molecule has 1 saturated carbocycles. The monoisotopic (exact) mass is 252 g/mol. The van der Waals surface area contributed by atoms with Crippen LogP contribution in [-0.4, -0.2) is 5.78 Å². The van der Waals surface area contributed by atoms with E-state index in [-0.39, 0.29) is 0 Å². The van der Waals surface area contributed by atoms with Crippen molar-refractivity contribution >= 4 is 5.78 Å². The van der Waals surface area contributed by atoms with Gasteiger partial charge < -0.3 is 0 Å². The summed E-state index contributed by atoms with van der Waals surface area (Å²) in [6.45, 7) is 9.15. The predicted octanol–water partition coefficient (Wildman–Crippen LogP) is 5.23. The molecular weight excluding hydrogens is 220 g/mol. The lowest BCUT2D eigenvalue weighted by Gasteiger charge is -2.30. The van der Waals surface area contributed by atoms with Gasteiger partial charge in [0.15, 0.2) is 0 Å². The van der Waals surface area contributed by atoms with E-state index in [1.165, 1.54) is 25.7 Å². The maximum Gasteiger partial charge on any atom is 0.135 e. The molecule has 1 rings (SSSR count). The Kier molecular flexibility index (Phi) is 6.96. The van der Waals surface area contributed by atoms with E-state index in [0.717, 1.165) is 43.4 Å². The Morgan fingerprint density at radius 1 is 1.00 bits per heavy atom. The Hall–Kier alpha value is -0.330. The molecule has 0 atom stereocenters. The molecule has 1 heteroatoms. The normalized spacial score (nSPS) is 24.8. The zero-order chi connectivity index (χ0) is 13.5. The molecule has 1 aliphatic carbocycles. The van der Waals surface area contributed by atoms with E-state index in [0.29, 0.717) is 11.7 Å². The first-order valence-corrected chi connectivity index (χ1v) is 8.03. The lowest BCUT2D eigenvalue weighted by molar-refractivity contribution is -0.124. The Morgan fingerprint density at radius 3 is 2.11 bits per heavy atom. The lowest BCUT2D eigenvalue weighted by Crippen LogP contribution is -2.24. The number of carbonyl (C=O) groups is 1. The number of ketones is 1. The highest BCUT2D eigenvalue weighted by Gasteiger charge is 2.26. The smallest absolute Gasteiger partial charge is 0.135 e. The van der Waals surface area contributed by atoms with Gasteiger partial charge in [-0.3, -0.25) is 4.79 Å². The van der Waals surface area contributed by atoms with Crippen molar-refractivity contribution in [1.29, 1.82) is 0 Å². The summed E-state index contributed by atoms with van der Waals surface area (Å²) in [5.41, 5.74) is 0. The van der Waals surface area contributed by atoms with Crippen LogP contribution < -0.4 is 0 Å². The van der Waals surface area contributed by atoms with E-state index in [2.05, 4.69) is 27.7 Å². The van der Waals surface area contributed by atoms with Gasteiger partial charge in [-0.15, -0.1) is 0 Å². The van der Waals surface area contributed by atoms with Crippen molar-refractivity contribution in [3.8, 4) is 0 Å². The molecule has 18 heavy (non-hydrogen) atoms. The van der Waals surface area contributed by atoms with E-state index in [4.69, 9.17) is 0 Å². The fraction of sp³-hybridized carbons (Fsp3) is 0.941. The second-order valence-corrected chi connectivity index (χ2v) is 6.96. The van der Waals surface area contributed by atoms with E-state index in [1.54, 1.807) is 0 Å². The molecule has 0 unspecified atom stereocenters. The molecule has 0 aromatic heterocycles. The van der Waals surface area contributed by atoms with Gasteiger partial charge in [0, 0.05) is 12.3 Å². The molecule has 1 aliphatic rings. The highest BCUT2D eigenvalue weighted by Crippen LogP contribution is 2.34. The van der Waals surface area contributed by atoms with Crippen molar-refractivity contribution in [2.24, 2.45) is 23.7 Å². The van der Waals surface area contributed by atoms with E-state index < -0.39 is 0 Å². The third-order valence-corrected chi connectivity index (χ3v) is 4.62. The minimum Gasteiger partial charge on any atom is -0.299 e. The Bertz CT molecular complexity index is 234. The summed E-state index contributed by atoms with van der Waals surface area (Å²) >= 11 is 0. The molecule has 0 spiro atoms. The van der Waals surface area contributed by atoms with Crippen LogP contribution in [0, 0.1) is 23.7 Å². The average Bonchev–Trinajstić information content (AvgIpc) is 2.34. The average molecular weight is 252 g/mol. The third kappa shape index (κ3) is 5.54. The molecular formula is C17H32O. The minimum atomic E-state index is 0.402. The van der Waals surface area contributed by atoms with Crippen molar-refractivity contribution in [3.63, 3.8) is 0 Å². The summed E-state index contributed by atoms with van der Waals surface area (Å²) in [6, 6.07) is 0. The van der Waals surface area contributed by atoms with Crippen LogP contribution in [0.3, 0.4) is 0 Å². The van der Waals surface area contributed by atoms with Crippen molar-refractivity contribution in [2.75, 3.05) is 0 Å². The molecule has 1 nitrogen and oxygen atoms in total. The molecule has 0 heterocycles. The molecule has 0 N–H and O–H groups in total. The van der Waals surface area contributed by atoms with Crippen molar-refractivity contribution < 1.29 is 4.79 Å². The van der Waals surface area contributed by atoms with Gasteiger partial charge in [0.1, 0.15) is 5.78 Å². The van der Waals surface area contributed by atoms with Gasteiger partial charge >= 0.3 is 0 Å². The van der Waals surface area contributed by atoms with Crippen LogP contribution in [0.15, 0.2) is 0 Å². The standard InChI is InChI=1S/C17H32O/c1-13(2)7-5-6-8-17(18)16-11-9-15(10-12-16)14(3)4/h13-16H,5-12H2,1-4H3. The van der Waals surface area contributed by atoms with Crippen molar-refractivity contribution in [1.82, 2.24) is 0 Å². The molecule has 0 radical (unpaired) electrons. The number of Topliss-reactive ketones (excluding diaryl/α,β-unsaturated/α-hetero) is 1. The predicted molar refractivity (Wildman–Crippen MR) is 78.6 cm³/mol.